The molecule has 3 rings (SSSR count). The van der Waals surface area contributed by atoms with E-state index in [1.54, 1.807) is 42.7 Å². The number of aromatic nitrogens is 1. The maximum absolute atomic E-state index is 13.4. The fourth-order valence-corrected chi connectivity index (χ4v) is 2.61. The summed E-state index contributed by atoms with van der Waals surface area (Å²) in [7, 11) is 0. The molecule has 0 spiro atoms. The zero-order valence-electron chi connectivity index (χ0n) is 14.7. The van der Waals surface area contributed by atoms with Crippen LogP contribution in [0.4, 0.5) is 8.78 Å². The molecule has 0 fully saturated rings. The quantitative estimate of drug-likeness (QED) is 0.288. The van der Waals surface area contributed by atoms with Gasteiger partial charge in [0.25, 0.3) is 0 Å². The van der Waals surface area contributed by atoms with Gasteiger partial charge in [-0.15, -0.1) is 0 Å². The highest BCUT2D eigenvalue weighted by atomic mass is 19.2. The molecule has 0 unspecified atom stereocenters. The van der Waals surface area contributed by atoms with Crippen molar-refractivity contribution < 1.29 is 23.5 Å². The minimum Gasteiger partial charge on any atom is -0.488 e. The number of ketones is 1. The molecule has 0 radical (unpaired) electrons. The molecular formula is C21H16F2N2O3. The third-order valence-electron chi connectivity index (χ3n) is 3.98. The molecule has 0 amide bonds. The maximum Gasteiger partial charge on any atom is 0.171 e. The highest BCUT2D eigenvalue weighted by Gasteiger charge is 2.15. The molecule has 5 nitrogen and oxygen atoms in total. The zero-order chi connectivity index (χ0) is 19.9. The molecule has 0 saturated heterocycles. The van der Waals surface area contributed by atoms with E-state index in [2.05, 4.69) is 10.1 Å². The molecule has 28 heavy (non-hydrogen) atoms. The molecular weight excluding hydrogens is 366 g/mol. The summed E-state index contributed by atoms with van der Waals surface area (Å²) >= 11 is 0. The molecule has 142 valence electrons. The number of benzene rings is 2. The van der Waals surface area contributed by atoms with Crippen LogP contribution in [0.3, 0.4) is 0 Å². The Kier molecular flexibility index (Phi) is 6.06. The monoisotopic (exact) mass is 382 g/mol. The summed E-state index contributed by atoms with van der Waals surface area (Å²) in [6.07, 6.45) is 4.51. The normalized spacial score (nSPS) is 10.9. The van der Waals surface area contributed by atoms with E-state index in [4.69, 9.17) is 9.94 Å². The van der Waals surface area contributed by atoms with E-state index >= 15 is 0 Å². The lowest BCUT2D eigenvalue weighted by molar-refractivity contribution is 0.0988. The van der Waals surface area contributed by atoms with Gasteiger partial charge < -0.3 is 9.94 Å². The van der Waals surface area contributed by atoms with E-state index in [1.807, 2.05) is 0 Å². The van der Waals surface area contributed by atoms with Crippen molar-refractivity contribution in [2.45, 2.75) is 13.0 Å². The second kappa shape index (κ2) is 8.85. The van der Waals surface area contributed by atoms with Gasteiger partial charge in [-0.1, -0.05) is 17.3 Å². The Hall–Kier alpha value is -3.61. The van der Waals surface area contributed by atoms with Crippen molar-refractivity contribution >= 4 is 12.0 Å². The van der Waals surface area contributed by atoms with Crippen LogP contribution in [-0.2, 0) is 13.0 Å². The Morgan fingerprint density at radius 1 is 1.11 bits per heavy atom. The molecule has 0 bridgehead atoms. The summed E-state index contributed by atoms with van der Waals surface area (Å²) in [6, 6.07) is 11.7. The van der Waals surface area contributed by atoms with E-state index in [0.717, 1.165) is 17.7 Å². The van der Waals surface area contributed by atoms with Crippen LogP contribution in [0.1, 0.15) is 27.0 Å². The highest BCUT2D eigenvalue weighted by molar-refractivity contribution is 6.01. The van der Waals surface area contributed by atoms with Gasteiger partial charge in [0.1, 0.15) is 12.4 Å². The Bertz CT molecular complexity index is 1010. The van der Waals surface area contributed by atoms with Gasteiger partial charge in [0.15, 0.2) is 17.4 Å². The third-order valence-corrected chi connectivity index (χ3v) is 3.98. The van der Waals surface area contributed by atoms with Crippen LogP contribution in [0, 0.1) is 11.6 Å². The van der Waals surface area contributed by atoms with Crippen LogP contribution in [0.15, 0.2) is 66.1 Å². The minimum absolute atomic E-state index is 0.0438. The number of pyridine rings is 1. The van der Waals surface area contributed by atoms with Gasteiger partial charge >= 0.3 is 0 Å². The van der Waals surface area contributed by atoms with Gasteiger partial charge in [-0.25, -0.2) is 8.78 Å². The predicted octanol–water partition coefficient (Wildman–Crippen LogP) is 4.17. The summed E-state index contributed by atoms with van der Waals surface area (Å²) in [5.41, 5.74) is 1.95. The van der Waals surface area contributed by atoms with Crippen LogP contribution in [0.5, 0.6) is 5.75 Å². The minimum atomic E-state index is -0.969. The average molecular weight is 382 g/mol. The van der Waals surface area contributed by atoms with Gasteiger partial charge in [0.2, 0.25) is 0 Å². The first-order valence-corrected chi connectivity index (χ1v) is 8.37. The Morgan fingerprint density at radius 3 is 2.68 bits per heavy atom. The van der Waals surface area contributed by atoms with Crippen LogP contribution in [0.2, 0.25) is 0 Å². The number of carbonyl (C=O) groups excluding carboxylic acids is 1. The lowest BCUT2D eigenvalue weighted by Crippen LogP contribution is -2.08. The first kappa shape index (κ1) is 19.2. The van der Waals surface area contributed by atoms with E-state index < -0.39 is 11.6 Å². The van der Waals surface area contributed by atoms with Gasteiger partial charge in [-0.05, 0) is 53.1 Å². The molecule has 0 atom stereocenters. The number of oxime groups is 1. The highest BCUT2D eigenvalue weighted by Crippen LogP contribution is 2.23. The second-order valence-corrected chi connectivity index (χ2v) is 6.00. The molecule has 1 N–H and O–H groups in total. The number of halogens is 2. The smallest absolute Gasteiger partial charge is 0.171 e. The molecule has 1 aromatic heterocycles. The molecule has 0 aliphatic carbocycles. The van der Waals surface area contributed by atoms with Crippen LogP contribution in [-0.4, -0.2) is 22.2 Å². The molecule has 3 aromatic rings. The Balaban J connectivity index is 1.84. The molecule has 0 saturated carbocycles. The van der Waals surface area contributed by atoms with Crippen molar-refractivity contribution in [3.05, 3.63) is 94.8 Å². The molecule has 7 heteroatoms. The fourth-order valence-electron chi connectivity index (χ4n) is 2.61. The summed E-state index contributed by atoms with van der Waals surface area (Å²) in [5.74, 6) is -1.84. The zero-order valence-corrected chi connectivity index (χ0v) is 14.7. The summed E-state index contributed by atoms with van der Waals surface area (Å²) in [6.45, 7) is -0.0438. The third kappa shape index (κ3) is 4.76. The molecule has 0 aliphatic heterocycles. The first-order chi connectivity index (χ1) is 13.6. The number of Topliss-reactive ketones (excluding diaryl/α,β-unsaturated/α-hetero) is 1. The average Bonchev–Trinajstić information content (AvgIpc) is 2.70. The van der Waals surface area contributed by atoms with Gasteiger partial charge in [-0.2, -0.15) is 0 Å². The van der Waals surface area contributed by atoms with E-state index in [0.29, 0.717) is 11.1 Å². The van der Waals surface area contributed by atoms with Gasteiger partial charge in [0, 0.05) is 18.8 Å². The molecule has 2 aromatic carbocycles. The summed E-state index contributed by atoms with van der Waals surface area (Å²) in [5, 5.41) is 11.7. The molecule has 1 heterocycles. The Labute approximate surface area is 159 Å². The van der Waals surface area contributed by atoms with Crippen molar-refractivity contribution in [2.24, 2.45) is 5.16 Å². The lowest BCUT2D eigenvalue weighted by Gasteiger charge is -2.12. The van der Waals surface area contributed by atoms with E-state index in [-0.39, 0.29) is 30.1 Å². The van der Waals surface area contributed by atoms with Crippen LogP contribution < -0.4 is 4.74 Å². The van der Waals surface area contributed by atoms with Crippen molar-refractivity contribution in [1.29, 1.82) is 0 Å². The summed E-state index contributed by atoms with van der Waals surface area (Å²) < 4.78 is 32.1. The fraction of sp³-hybridized carbons (Fsp3) is 0.0952. The number of rotatable bonds is 7. The number of ether oxygens (including phenoxy) is 1. The van der Waals surface area contributed by atoms with Crippen molar-refractivity contribution in [3.8, 4) is 5.75 Å². The first-order valence-electron chi connectivity index (χ1n) is 8.37. The number of nitrogens with zero attached hydrogens (tertiary/aromatic N) is 2. The van der Waals surface area contributed by atoms with Crippen molar-refractivity contribution in [1.82, 2.24) is 4.98 Å². The van der Waals surface area contributed by atoms with Crippen LogP contribution in [0.25, 0.3) is 0 Å². The second-order valence-electron chi connectivity index (χ2n) is 6.00. The largest absolute Gasteiger partial charge is 0.488 e. The van der Waals surface area contributed by atoms with E-state index in [9.17, 15) is 13.6 Å². The SMILES string of the molecule is O=C(Cc1cccnc1)c1cc(/C=N\O)ccc1OCc1ccc(F)c(F)c1. The standard InChI is InChI=1S/C21H16F2N2O3/c22-18-5-3-16(9-19(18)23)13-28-21-6-4-15(12-25-27)8-17(21)20(26)10-14-2-1-7-24-11-14/h1-9,11-12,27H,10,13H2/b25-12-. The predicted molar refractivity (Wildman–Crippen MR) is 98.8 cm³/mol. The number of hydrogen-bond acceptors (Lipinski definition) is 5. The van der Waals surface area contributed by atoms with Crippen LogP contribution >= 0.6 is 0 Å². The lowest BCUT2D eigenvalue weighted by atomic mass is 10.0. The summed E-state index contributed by atoms with van der Waals surface area (Å²) in [4.78, 5) is 16.8. The topological polar surface area (TPSA) is 71.8 Å². The molecule has 0 aliphatic rings. The Morgan fingerprint density at radius 2 is 1.96 bits per heavy atom. The van der Waals surface area contributed by atoms with Crippen molar-refractivity contribution in [3.63, 3.8) is 0 Å². The maximum atomic E-state index is 13.4. The van der Waals surface area contributed by atoms with Gasteiger partial charge in [-0.3, -0.25) is 9.78 Å². The number of carbonyl (C=O) groups is 1. The van der Waals surface area contributed by atoms with Gasteiger partial charge in [0.05, 0.1) is 11.8 Å². The van der Waals surface area contributed by atoms with E-state index in [1.165, 1.54) is 12.3 Å². The van der Waals surface area contributed by atoms with Crippen molar-refractivity contribution in [2.75, 3.05) is 0 Å². The number of hydrogen-bond donors (Lipinski definition) is 1.